The minimum Gasteiger partial charge on any atom is -0.476 e. The summed E-state index contributed by atoms with van der Waals surface area (Å²) in [5, 5.41) is 15.9. The van der Waals surface area contributed by atoms with Crippen LogP contribution in [-0.2, 0) is 4.79 Å². The van der Waals surface area contributed by atoms with Crippen molar-refractivity contribution in [2.45, 2.75) is 26.8 Å². The summed E-state index contributed by atoms with van der Waals surface area (Å²) in [6.45, 7) is 5.44. The molecule has 1 atom stereocenters. The fraction of sp³-hybridized carbons (Fsp3) is 0.333. The lowest BCUT2D eigenvalue weighted by Gasteiger charge is -2.10. The van der Waals surface area contributed by atoms with Gasteiger partial charge in [-0.3, -0.25) is 9.48 Å². The van der Waals surface area contributed by atoms with Crippen molar-refractivity contribution in [3.63, 3.8) is 0 Å². The van der Waals surface area contributed by atoms with Crippen LogP contribution in [0.5, 0.6) is 0 Å². The van der Waals surface area contributed by atoms with Gasteiger partial charge in [-0.1, -0.05) is 0 Å². The van der Waals surface area contributed by atoms with Crippen LogP contribution >= 0.6 is 11.3 Å². The number of hydrogen-bond donors (Lipinski definition) is 2. The first kappa shape index (κ1) is 14.2. The van der Waals surface area contributed by atoms with Gasteiger partial charge in [-0.2, -0.15) is 5.10 Å². The number of rotatable bonds is 4. The van der Waals surface area contributed by atoms with Gasteiger partial charge in [0, 0.05) is 11.1 Å². The Bertz CT molecular complexity index is 642. The topological polar surface area (TPSA) is 97.1 Å². The number of carboxylic acid groups (broad SMARTS) is 1. The molecular formula is C12H14N4O3S. The second-order valence-corrected chi connectivity index (χ2v) is 5.52. The maximum absolute atomic E-state index is 12.1. The Morgan fingerprint density at radius 2 is 2.15 bits per heavy atom. The number of aromatic nitrogens is 3. The highest BCUT2D eigenvalue weighted by atomic mass is 32.1. The van der Waals surface area contributed by atoms with Crippen LogP contribution in [0.2, 0.25) is 0 Å². The zero-order valence-electron chi connectivity index (χ0n) is 11.2. The summed E-state index contributed by atoms with van der Waals surface area (Å²) in [6.07, 6.45) is 1.46. The lowest BCUT2D eigenvalue weighted by molar-refractivity contribution is -0.119. The molecule has 0 aliphatic carbocycles. The van der Waals surface area contributed by atoms with Crippen LogP contribution in [0, 0.1) is 13.8 Å². The van der Waals surface area contributed by atoms with Gasteiger partial charge in [-0.15, -0.1) is 11.3 Å². The van der Waals surface area contributed by atoms with Gasteiger partial charge in [0.2, 0.25) is 0 Å². The van der Waals surface area contributed by atoms with Gasteiger partial charge in [0.25, 0.3) is 5.91 Å². The molecular weight excluding hydrogens is 280 g/mol. The molecule has 0 saturated heterocycles. The molecule has 0 fully saturated rings. The first-order chi connectivity index (χ1) is 9.38. The summed E-state index contributed by atoms with van der Waals surface area (Å²) >= 11 is 1.40. The van der Waals surface area contributed by atoms with Crippen molar-refractivity contribution in [3.8, 4) is 0 Å². The van der Waals surface area contributed by atoms with E-state index in [0.29, 0.717) is 5.13 Å². The Morgan fingerprint density at radius 3 is 2.65 bits per heavy atom. The van der Waals surface area contributed by atoms with Crippen molar-refractivity contribution in [2.24, 2.45) is 0 Å². The molecule has 1 amide bonds. The van der Waals surface area contributed by atoms with Crippen LogP contribution in [0.25, 0.3) is 0 Å². The van der Waals surface area contributed by atoms with E-state index in [1.165, 1.54) is 28.3 Å². The minimum absolute atomic E-state index is 0.0920. The molecule has 1 unspecified atom stereocenters. The summed E-state index contributed by atoms with van der Waals surface area (Å²) in [4.78, 5) is 28.1. The van der Waals surface area contributed by atoms with E-state index in [9.17, 15) is 9.59 Å². The fourth-order valence-corrected chi connectivity index (χ4v) is 2.34. The number of carbonyl (C=O) groups is 2. The zero-order chi connectivity index (χ0) is 14.9. The normalized spacial score (nSPS) is 12.2. The summed E-state index contributed by atoms with van der Waals surface area (Å²) in [6, 6.07) is 0.733. The predicted molar refractivity (Wildman–Crippen MR) is 74.1 cm³/mol. The van der Waals surface area contributed by atoms with Crippen LogP contribution in [0.3, 0.4) is 0 Å². The third-order valence-corrected chi connectivity index (χ3v) is 3.85. The average Bonchev–Trinajstić information content (AvgIpc) is 2.96. The van der Waals surface area contributed by atoms with Crippen LogP contribution in [-0.4, -0.2) is 31.7 Å². The number of aryl methyl sites for hydroxylation is 2. The molecule has 106 valence electrons. The van der Waals surface area contributed by atoms with Crippen molar-refractivity contribution in [1.82, 2.24) is 14.8 Å². The second kappa shape index (κ2) is 5.41. The number of thiazole rings is 1. The monoisotopic (exact) mass is 294 g/mol. The third kappa shape index (κ3) is 2.85. The molecule has 2 rings (SSSR count). The summed E-state index contributed by atoms with van der Waals surface area (Å²) in [7, 11) is 0. The van der Waals surface area contributed by atoms with Gasteiger partial charge >= 0.3 is 5.97 Å². The highest BCUT2D eigenvalue weighted by molar-refractivity contribution is 7.15. The van der Waals surface area contributed by atoms with Crippen molar-refractivity contribution in [1.29, 1.82) is 0 Å². The number of amides is 1. The number of anilines is 1. The Morgan fingerprint density at radius 1 is 1.45 bits per heavy atom. The molecule has 7 nitrogen and oxygen atoms in total. The molecule has 20 heavy (non-hydrogen) atoms. The van der Waals surface area contributed by atoms with Crippen LogP contribution < -0.4 is 5.32 Å². The summed E-state index contributed by atoms with van der Waals surface area (Å²) in [5.41, 5.74) is 0.788. The van der Waals surface area contributed by atoms with Crippen molar-refractivity contribution in [3.05, 3.63) is 28.5 Å². The maximum Gasteiger partial charge on any atom is 0.356 e. The number of carbonyl (C=O) groups excluding carboxylic acids is 1. The standard InChI is InChI=1S/C12H14N4O3S/c1-6-8(3)20-12(13-6)14-10(17)7(2)16-5-4-9(15-16)11(18)19/h4-5,7H,1-3H3,(H,18,19)(H,13,14,17). The molecule has 2 aromatic heterocycles. The highest BCUT2D eigenvalue weighted by Gasteiger charge is 2.19. The zero-order valence-corrected chi connectivity index (χ0v) is 12.1. The van der Waals surface area contributed by atoms with Crippen molar-refractivity contribution < 1.29 is 14.7 Å². The predicted octanol–water partition coefficient (Wildman–Crippen LogP) is 1.85. The van der Waals surface area contributed by atoms with Gasteiger partial charge in [0.15, 0.2) is 10.8 Å². The van der Waals surface area contributed by atoms with E-state index >= 15 is 0 Å². The SMILES string of the molecule is Cc1nc(NC(=O)C(C)n2ccc(C(=O)O)n2)sc1C. The second-order valence-electron chi connectivity index (χ2n) is 4.31. The molecule has 0 saturated carbocycles. The number of carboxylic acids is 1. The van der Waals surface area contributed by atoms with E-state index in [1.54, 1.807) is 6.92 Å². The molecule has 0 spiro atoms. The summed E-state index contributed by atoms with van der Waals surface area (Å²) in [5.74, 6) is -1.42. The van der Waals surface area contributed by atoms with Crippen molar-refractivity contribution >= 4 is 28.3 Å². The van der Waals surface area contributed by atoms with Gasteiger partial charge in [-0.25, -0.2) is 9.78 Å². The first-order valence-corrected chi connectivity index (χ1v) is 6.73. The molecule has 2 N–H and O–H groups in total. The largest absolute Gasteiger partial charge is 0.476 e. The molecule has 2 aromatic rings. The minimum atomic E-state index is -1.12. The van der Waals surface area contributed by atoms with E-state index in [1.807, 2.05) is 13.8 Å². The van der Waals surface area contributed by atoms with Gasteiger partial charge in [0.05, 0.1) is 5.69 Å². The lowest BCUT2D eigenvalue weighted by Crippen LogP contribution is -2.24. The number of aromatic carboxylic acids is 1. The molecule has 0 aromatic carbocycles. The Kier molecular flexibility index (Phi) is 3.84. The van der Waals surface area contributed by atoms with Crippen LogP contribution in [0.15, 0.2) is 12.3 Å². The quantitative estimate of drug-likeness (QED) is 0.897. The molecule has 2 heterocycles. The number of nitrogens with zero attached hydrogens (tertiary/aromatic N) is 3. The van der Waals surface area contributed by atoms with E-state index in [0.717, 1.165) is 10.6 Å². The Hall–Kier alpha value is -2.22. The summed E-state index contributed by atoms with van der Waals surface area (Å²) < 4.78 is 1.31. The van der Waals surface area contributed by atoms with Gasteiger partial charge < -0.3 is 10.4 Å². The van der Waals surface area contributed by atoms with Gasteiger partial charge in [-0.05, 0) is 26.8 Å². The highest BCUT2D eigenvalue weighted by Crippen LogP contribution is 2.22. The molecule has 0 radical (unpaired) electrons. The Labute approximate surface area is 119 Å². The lowest BCUT2D eigenvalue weighted by atomic mass is 10.3. The van der Waals surface area contributed by atoms with Gasteiger partial charge in [0.1, 0.15) is 6.04 Å². The number of hydrogen-bond acceptors (Lipinski definition) is 5. The average molecular weight is 294 g/mol. The smallest absolute Gasteiger partial charge is 0.356 e. The third-order valence-electron chi connectivity index (χ3n) is 2.86. The first-order valence-electron chi connectivity index (χ1n) is 5.92. The van der Waals surface area contributed by atoms with Crippen LogP contribution in [0.4, 0.5) is 5.13 Å². The molecule has 0 aliphatic rings. The molecule has 8 heteroatoms. The molecule has 0 aliphatic heterocycles. The fourth-order valence-electron chi connectivity index (χ4n) is 1.52. The Balaban J connectivity index is 2.09. The van der Waals surface area contributed by atoms with E-state index in [-0.39, 0.29) is 11.6 Å². The number of nitrogens with one attached hydrogen (secondary N) is 1. The van der Waals surface area contributed by atoms with Crippen molar-refractivity contribution in [2.75, 3.05) is 5.32 Å². The molecule has 0 bridgehead atoms. The van der Waals surface area contributed by atoms with E-state index in [4.69, 9.17) is 5.11 Å². The van der Waals surface area contributed by atoms with E-state index < -0.39 is 12.0 Å². The van der Waals surface area contributed by atoms with E-state index in [2.05, 4.69) is 15.4 Å². The van der Waals surface area contributed by atoms with Crippen LogP contribution in [0.1, 0.15) is 34.0 Å². The maximum atomic E-state index is 12.1.